The largest absolute Gasteiger partial charge is 0.496 e. The lowest BCUT2D eigenvalue weighted by Gasteiger charge is -2.33. The highest BCUT2D eigenvalue weighted by Crippen LogP contribution is 2.25. The van der Waals surface area contributed by atoms with Crippen LogP contribution in [0.2, 0.25) is 0 Å². The number of ether oxygens (including phenoxy) is 1. The summed E-state index contributed by atoms with van der Waals surface area (Å²) in [4.78, 5) is 14.9. The Hall–Kier alpha value is -2.49. The topological polar surface area (TPSA) is 41.6 Å². The summed E-state index contributed by atoms with van der Waals surface area (Å²) in [6.45, 7) is 8.68. The lowest BCUT2D eigenvalue weighted by Crippen LogP contribution is -2.34. The summed E-state index contributed by atoms with van der Waals surface area (Å²) in [5, 5.41) is 3.13. The van der Waals surface area contributed by atoms with Crippen molar-refractivity contribution in [2.45, 2.75) is 52.5 Å². The van der Waals surface area contributed by atoms with Gasteiger partial charge in [-0.05, 0) is 73.9 Å². The molecule has 0 bridgehead atoms. The van der Waals surface area contributed by atoms with Crippen LogP contribution in [0.25, 0.3) is 0 Å². The van der Waals surface area contributed by atoms with Crippen LogP contribution >= 0.6 is 0 Å². The van der Waals surface area contributed by atoms with Gasteiger partial charge in [-0.1, -0.05) is 31.2 Å². The Kier molecular flexibility index (Phi) is 7.18. The van der Waals surface area contributed by atoms with E-state index in [1.165, 1.54) is 18.5 Å². The Balaban J connectivity index is 1.50. The maximum atomic E-state index is 12.4. The molecular formula is C25H34N2O2. The molecule has 0 spiro atoms. The highest BCUT2D eigenvalue weighted by molar-refractivity contribution is 5.76. The van der Waals surface area contributed by atoms with Gasteiger partial charge in [0.2, 0.25) is 5.91 Å². The molecule has 0 radical (unpaired) electrons. The average Bonchev–Trinajstić information content (AvgIpc) is 2.72. The normalized spacial score (nSPS) is 17.7. The van der Waals surface area contributed by atoms with Gasteiger partial charge in [-0.25, -0.2) is 0 Å². The third-order valence-electron chi connectivity index (χ3n) is 5.89. The minimum Gasteiger partial charge on any atom is -0.496 e. The van der Waals surface area contributed by atoms with E-state index in [4.69, 9.17) is 4.74 Å². The minimum atomic E-state index is 0.00873. The fourth-order valence-corrected chi connectivity index (χ4v) is 4.15. The molecule has 0 saturated carbocycles. The van der Waals surface area contributed by atoms with Crippen LogP contribution in [0.15, 0.2) is 42.5 Å². The quantitative estimate of drug-likeness (QED) is 0.714. The van der Waals surface area contributed by atoms with E-state index < -0.39 is 0 Å². The van der Waals surface area contributed by atoms with Gasteiger partial charge in [0.05, 0.1) is 13.2 Å². The SMILES string of the molecule is COc1ccc(CCC(=O)N[C@@H](C)c2ccc(N3CCC[C@@H](C)C3)cc2)cc1C. The van der Waals surface area contributed by atoms with Crippen molar-refractivity contribution in [1.29, 1.82) is 0 Å². The number of carbonyl (C=O) groups excluding carboxylic acids is 1. The fraction of sp³-hybridized carbons (Fsp3) is 0.480. The van der Waals surface area contributed by atoms with Crippen LogP contribution in [-0.2, 0) is 11.2 Å². The van der Waals surface area contributed by atoms with Crippen molar-refractivity contribution in [3.8, 4) is 5.75 Å². The maximum Gasteiger partial charge on any atom is 0.220 e. The minimum absolute atomic E-state index is 0.00873. The van der Waals surface area contributed by atoms with E-state index in [9.17, 15) is 4.79 Å². The number of methoxy groups -OCH3 is 1. The Bertz CT molecular complexity index is 816. The van der Waals surface area contributed by atoms with Crippen LogP contribution in [0.3, 0.4) is 0 Å². The zero-order valence-corrected chi connectivity index (χ0v) is 18.2. The number of carbonyl (C=O) groups is 1. The number of nitrogens with zero attached hydrogens (tertiary/aromatic N) is 1. The van der Waals surface area contributed by atoms with Crippen molar-refractivity contribution in [2.75, 3.05) is 25.1 Å². The third-order valence-corrected chi connectivity index (χ3v) is 5.89. The second-order valence-corrected chi connectivity index (χ2v) is 8.38. The van der Waals surface area contributed by atoms with Crippen LogP contribution in [0, 0.1) is 12.8 Å². The zero-order chi connectivity index (χ0) is 20.8. The van der Waals surface area contributed by atoms with Crippen LogP contribution in [-0.4, -0.2) is 26.1 Å². The van der Waals surface area contributed by atoms with Gasteiger partial charge < -0.3 is 15.0 Å². The fourth-order valence-electron chi connectivity index (χ4n) is 4.15. The van der Waals surface area contributed by atoms with Gasteiger partial charge in [0.15, 0.2) is 0 Å². The number of hydrogen-bond acceptors (Lipinski definition) is 3. The summed E-state index contributed by atoms with van der Waals surface area (Å²) in [6, 6.07) is 14.8. The standard InChI is InChI=1S/C25H34N2O2/c1-18-6-5-15-27(17-18)23-11-9-22(10-12-23)20(3)26-25(28)14-8-21-7-13-24(29-4)19(2)16-21/h7,9-13,16,18,20H,5-6,8,14-15,17H2,1-4H3,(H,26,28)/t18-,20+/m1/s1. The number of nitrogens with one attached hydrogen (secondary N) is 1. The summed E-state index contributed by atoms with van der Waals surface area (Å²) in [5.41, 5.74) is 4.69. The number of hydrogen-bond donors (Lipinski definition) is 1. The molecule has 0 aromatic heterocycles. The summed E-state index contributed by atoms with van der Waals surface area (Å²) in [5.74, 6) is 1.73. The third kappa shape index (κ3) is 5.75. The average molecular weight is 395 g/mol. The Morgan fingerprint density at radius 1 is 1.24 bits per heavy atom. The molecule has 0 aliphatic carbocycles. The Labute approximate surface area is 175 Å². The van der Waals surface area contributed by atoms with Crippen molar-refractivity contribution in [3.05, 3.63) is 59.2 Å². The summed E-state index contributed by atoms with van der Waals surface area (Å²) < 4.78 is 5.30. The number of piperidine rings is 1. The van der Waals surface area contributed by atoms with E-state index in [0.29, 0.717) is 6.42 Å². The van der Waals surface area contributed by atoms with Crippen LogP contribution < -0.4 is 15.0 Å². The van der Waals surface area contributed by atoms with E-state index in [1.807, 2.05) is 26.0 Å². The molecule has 1 fully saturated rings. The summed E-state index contributed by atoms with van der Waals surface area (Å²) in [7, 11) is 1.68. The van der Waals surface area contributed by atoms with Crippen molar-refractivity contribution in [2.24, 2.45) is 5.92 Å². The molecule has 2 aromatic rings. The Morgan fingerprint density at radius 2 is 2.00 bits per heavy atom. The van der Waals surface area contributed by atoms with E-state index in [2.05, 4.69) is 47.5 Å². The molecule has 0 unspecified atom stereocenters. The zero-order valence-electron chi connectivity index (χ0n) is 18.2. The van der Waals surface area contributed by atoms with Crippen molar-refractivity contribution < 1.29 is 9.53 Å². The molecule has 4 heteroatoms. The molecule has 156 valence electrons. The molecule has 1 aliphatic heterocycles. The molecule has 1 heterocycles. The molecule has 1 N–H and O–H groups in total. The van der Waals surface area contributed by atoms with E-state index in [1.54, 1.807) is 7.11 Å². The van der Waals surface area contributed by atoms with Gasteiger partial charge in [-0.3, -0.25) is 4.79 Å². The van der Waals surface area contributed by atoms with E-state index in [0.717, 1.165) is 47.9 Å². The summed E-state index contributed by atoms with van der Waals surface area (Å²) in [6.07, 6.45) is 3.81. The molecular weight excluding hydrogens is 360 g/mol. The van der Waals surface area contributed by atoms with Crippen LogP contribution in [0.5, 0.6) is 5.75 Å². The highest BCUT2D eigenvalue weighted by atomic mass is 16.5. The predicted octanol–water partition coefficient (Wildman–Crippen LogP) is 5.05. The van der Waals surface area contributed by atoms with E-state index in [-0.39, 0.29) is 11.9 Å². The molecule has 29 heavy (non-hydrogen) atoms. The first-order valence-electron chi connectivity index (χ1n) is 10.7. The van der Waals surface area contributed by atoms with Gasteiger partial charge in [0.1, 0.15) is 5.75 Å². The number of rotatable bonds is 7. The first-order chi connectivity index (χ1) is 14.0. The van der Waals surface area contributed by atoms with Gasteiger partial charge in [0, 0.05) is 25.2 Å². The summed E-state index contributed by atoms with van der Waals surface area (Å²) >= 11 is 0. The lowest BCUT2D eigenvalue weighted by molar-refractivity contribution is -0.121. The maximum absolute atomic E-state index is 12.4. The Morgan fingerprint density at radius 3 is 2.66 bits per heavy atom. The number of amides is 1. The first kappa shape index (κ1) is 21.2. The highest BCUT2D eigenvalue weighted by Gasteiger charge is 2.17. The molecule has 2 atom stereocenters. The molecule has 1 amide bonds. The molecule has 2 aromatic carbocycles. The predicted molar refractivity (Wildman–Crippen MR) is 120 cm³/mol. The monoisotopic (exact) mass is 394 g/mol. The van der Waals surface area contributed by atoms with Crippen molar-refractivity contribution in [1.82, 2.24) is 5.32 Å². The van der Waals surface area contributed by atoms with E-state index >= 15 is 0 Å². The second kappa shape index (κ2) is 9.82. The molecule has 3 rings (SSSR count). The lowest BCUT2D eigenvalue weighted by atomic mass is 9.99. The number of benzene rings is 2. The van der Waals surface area contributed by atoms with Crippen molar-refractivity contribution >= 4 is 11.6 Å². The number of aryl methyl sites for hydroxylation is 2. The number of anilines is 1. The van der Waals surface area contributed by atoms with Gasteiger partial charge in [-0.15, -0.1) is 0 Å². The van der Waals surface area contributed by atoms with Gasteiger partial charge >= 0.3 is 0 Å². The first-order valence-corrected chi connectivity index (χ1v) is 10.7. The van der Waals surface area contributed by atoms with Crippen LogP contribution in [0.1, 0.15) is 55.8 Å². The van der Waals surface area contributed by atoms with Crippen molar-refractivity contribution in [3.63, 3.8) is 0 Å². The molecule has 1 saturated heterocycles. The molecule has 1 aliphatic rings. The smallest absolute Gasteiger partial charge is 0.220 e. The van der Waals surface area contributed by atoms with Gasteiger partial charge in [-0.2, -0.15) is 0 Å². The van der Waals surface area contributed by atoms with Crippen LogP contribution in [0.4, 0.5) is 5.69 Å². The second-order valence-electron chi connectivity index (χ2n) is 8.38. The van der Waals surface area contributed by atoms with Gasteiger partial charge in [0.25, 0.3) is 0 Å². The molecule has 4 nitrogen and oxygen atoms in total.